The average molecular weight is 318 g/mol. The molecule has 2 aliphatic heterocycles. The Hall–Kier alpha value is -1.59. The fourth-order valence-electron chi connectivity index (χ4n) is 3.60. The SMILES string of the molecule is COc1ccc(C2CCN(C(=O)C(N)C3CCOCC3)C2)cc1. The van der Waals surface area contributed by atoms with Gasteiger partial charge >= 0.3 is 0 Å². The van der Waals surface area contributed by atoms with Crippen LogP contribution in [0.4, 0.5) is 0 Å². The Balaban J connectivity index is 1.58. The van der Waals surface area contributed by atoms with Crippen molar-refractivity contribution in [2.45, 2.75) is 31.2 Å². The number of ether oxygens (including phenoxy) is 2. The Morgan fingerprint density at radius 1 is 1.26 bits per heavy atom. The van der Waals surface area contributed by atoms with Crippen LogP contribution < -0.4 is 10.5 Å². The van der Waals surface area contributed by atoms with Crippen LogP contribution in [0.2, 0.25) is 0 Å². The van der Waals surface area contributed by atoms with Gasteiger partial charge in [-0.05, 0) is 42.9 Å². The summed E-state index contributed by atoms with van der Waals surface area (Å²) in [6, 6.07) is 7.76. The summed E-state index contributed by atoms with van der Waals surface area (Å²) < 4.78 is 10.6. The number of methoxy groups -OCH3 is 1. The Morgan fingerprint density at radius 2 is 1.96 bits per heavy atom. The number of likely N-dealkylation sites (tertiary alicyclic amines) is 1. The van der Waals surface area contributed by atoms with Crippen molar-refractivity contribution in [3.8, 4) is 5.75 Å². The van der Waals surface area contributed by atoms with Gasteiger partial charge in [-0.1, -0.05) is 12.1 Å². The van der Waals surface area contributed by atoms with Crippen molar-refractivity contribution < 1.29 is 14.3 Å². The number of carbonyl (C=O) groups is 1. The highest BCUT2D eigenvalue weighted by Gasteiger charge is 2.34. The predicted molar refractivity (Wildman–Crippen MR) is 88.5 cm³/mol. The van der Waals surface area contributed by atoms with Gasteiger partial charge in [0.15, 0.2) is 0 Å². The fraction of sp³-hybridized carbons (Fsp3) is 0.611. The van der Waals surface area contributed by atoms with Gasteiger partial charge in [-0.3, -0.25) is 4.79 Å². The van der Waals surface area contributed by atoms with Crippen LogP contribution in [-0.2, 0) is 9.53 Å². The summed E-state index contributed by atoms with van der Waals surface area (Å²) in [6.07, 6.45) is 2.78. The van der Waals surface area contributed by atoms with Gasteiger partial charge in [-0.25, -0.2) is 0 Å². The molecule has 23 heavy (non-hydrogen) atoms. The number of carbonyl (C=O) groups excluding carboxylic acids is 1. The van der Waals surface area contributed by atoms with Crippen LogP contribution in [-0.4, -0.2) is 50.3 Å². The molecule has 0 saturated carbocycles. The number of rotatable bonds is 4. The van der Waals surface area contributed by atoms with E-state index in [0.29, 0.717) is 5.92 Å². The van der Waals surface area contributed by atoms with Gasteiger partial charge in [0.25, 0.3) is 0 Å². The zero-order valence-electron chi connectivity index (χ0n) is 13.7. The third-order valence-electron chi connectivity index (χ3n) is 5.15. The van der Waals surface area contributed by atoms with E-state index >= 15 is 0 Å². The third kappa shape index (κ3) is 3.67. The monoisotopic (exact) mass is 318 g/mol. The number of hydrogen-bond donors (Lipinski definition) is 1. The highest BCUT2D eigenvalue weighted by atomic mass is 16.5. The van der Waals surface area contributed by atoms with Gasteiger partial charge in [0.1, 0.15) is 5.75 Å². The van der Waals surface area contributed by atoms with Gasteiger partial charge in [-0.15, -0.1) is 0 Å². The summed E-state index contributed by atoms with van der Waals surface area (Å²) in [5.41, 5.74) is 7.50. The molecule has 1 aromatic carbocycles. The van der Waals surface area contributed by atoms with Crippen molar-refractivity contribution in [1.82, 2.24) is 4.90 Å². The van der Waals surface area contributed by atoms with Gasteiger partial charge < -0.3 is 20.1 Å². The second kappa shape index (κ2) is 7.32. The zero-order valence-corrected chi connectivity index (χ0v) is 13.7. The van der Waals surface area contributed by atoms with Crippen molar-refractivity contribution in [1.29, 1.82) is 0 Å². The van der Waals surface area contributed by atoms with Gasteiger partial charge in [0.05, 0.1) is 13.2 Å². The standard InChI is InChI=1S/C18H26N2O3/c1-22-16-4-2-13(3-5-16)15-6-9-20(12-15)18(21)17(19)14-7-10-23-11-8-14/h2-5,14-15,17H,6-12,19H2,1H3. The lowest BCUT2D eigenvalue weighted by Crippen LogP contribution is -2.48. The van der Waals surface area contributed by atoms with Crippen LogP contribution in [0.15, 0.2) is 24.3 Å². The van der Waals surface area contributed by atoms with E-state index in [1.807, 2.05) is 17.0 Å². The van der Waals surface area contributed by atoms with E-state index in [-0.39, 0.29) is 17.9 Å². The van der Waals surface area contributed by atoms with Crippen LogP contribution in [0.1, 0.15) is 30.7 Å². The molecule has 2 N–H and O–H groups in total. The maximum Gasteiger partial charge on any atom is 0.239 e. The number of benzene rings is 1. The molecule has 5 nitrogen and oxygen atoms in total. The zero-order chi connectivity index (χ0) is 16.2. The quantitative estimate of drug-likeness (QED) is 0.919. The highest BCUT2D eigenvalue weighted by Crippen LogP contribution is 2.29. The molecule has 0 aromatic heterocycles. The minimum atomic E-state index is -0.381. The van der Waals surface area contributed by atoms with Crippen molar-refractivity contribution in [3.63, 3.8) is 0 Å². The molecule has 1 aromatic rings. The lowest BCUT2D eigenvalue weighted by Gasteiger charge is -2.29. The minimum Gasteiger partial charge on any atom is -0.497 e. The first-order valence-electron chi connectivity index (χ1n) is 8.45. The van der Waals surface area contributed by atoms with Crippen LogP contribution in [0.5, 0.6) is 5.75 Å². The molecule has 0 radical (unpaired) electrons. The van der Waals surface area contributed by atoms with Gasteiger partial charge in [0.2, 0.25) is 5.91 Å². The first kappa shape index (κ1) is 16.3. The van der Waals surface area contributed by atoms with E-state index in [0.717, 1.165) is 51.3 Å². The topological polar surface area (TPSA) is 64.8 Å². The molecule has 0 bridgehead atoms. The van der Waals surface area contributed by atoms with E-state index in [1.165, 1.54) is 5.56 Å². The molecule has 2 aliphatic rings. The van der Waals surface area contributed by atoms with Crippen LogP contribution in [0.3, 0.4) is 0 Å². The normalized spacial score (nSPS) is 23.7. The molecule has 2 atom stereocenters. The molecule has 2 unspecified atom stereocenters. The maximum atomic E-state index is 12.7. The van der Waals surface area contributed by atoms with E-state index in [2.05, 4.69) is 12.1 Å². The summed E-state index contributed by atoms with van der Waals surface area (Å²) >= 11 is 0. The van der Waals surface area contributed by atoms with Crippen LogP contribution in [0, 0.1) is 5.92 Å². The predicted octanol–water partition coefficient (Wildman–Crippen LogP) is 1.76. The van der Waals surface area contributed by atoms with E-state index in [4.69, 9.17) is 15.2 Å². The lowest BCUT2D eigenvalue weighted by atomic mass is 9.91. The smallest absolute Gasteiger partial charge is 0.239 e. The number of amides is 1. The molecule has 2 heterocycles. The van der Waals surface area contributed by atoms with Gasteiger partial charge in [-0.2, -0.15) is 0 Å². The van der Waals surface area contributed by atoms with E-state index in [1.54, 1.807) is 7.11 Å². The molecule has 126 valence electrons. The van der Waals surface area contributed by atoms with Crippen molar-refractivity contribution in [2.75, 3.05) is 33.4 Å². The Morgan fingerprint density at radius 3 is 2.61 bits per heavy atom. The number of hydrogen-bond acceptors (Lipinski definition) is 4. The van der Waals surface area contributed by atoms with E-state index in [9.17, 15) is 4.79 Å². The van der Waals surface area contributed by atoms with E-state index < -0.39 is 0 Å². The number of nitrogens with zero attached hydrogens (tertiary/aromatic N) is 1. The van der Waals surface area contributed by atoms with Crippen molar-refractivity contribution >= 4 is 5.91 Å². The summed E-state index contributed by atoms with van der Waals surface area (Å²) in [5, 5.41) is 0. The highest BCUT2D eigenvalue weighted by molar-refractivity contribution is 5.82. The minimum absolute atomic E-state index is 0.105. The van der Waals surface area contributed by atoms with Crippen LogP contribution >= 0.6 is 0 Å². The molecule has 2 fully saturated rings. The molecule has 2 saturated heterocycles. The average Bonchev–Trinajstić information content (AvgIpc) is 3.11. The largest absolute Gasteiger partial charge is 0.497 e. The Labute approximate surface area is 137 Å². The first-order chi connectivity index (χ1) is 11.2. The van der Waals surface area contributed by atoms with Crippen molar-refractivity contribution in [2.24, 2.45) is 11.7 Å². The number of nitrogens with two attached hydrogens (primary N) is 1. The van der Waals surface area contributed by atoms with Crippen molar-refractivity contribution in [3.05, 3.63) is 29.8 Å². The summed E-state index contributed by atoms with van der Waals surface area (Å²) in [7, 11) is 1.67. The second-order valence-corrected chi connectivity index (χ2v) is 6.52. The third-order valence-corrected chi connectivity index (χ3v) is 5.15. The molecule has 0 spiro atoms. The van der Waals surface area contributed by atoms with Crippen LogP contribution in [0.25, 0.3) is 0 Å². The summed E-state index contributed by atoms with van der Waals surface area (Å²) in [4.78, 5) is 14.6. The summed E-state index contributed by atoms with van der Waals surface area (Å²) in [5.74, 6) is 1.62. The molecule has 1 amide bonds. The maximum absolute atomic E-state index is 12.7. The van der Waals surface area contributed by atoms with Gasteiger partial charge in [0, 0.05) is 32.2 Å². The Bertz CT molecular complexity index is 526. The summed E-state index contributed by atoms with van der Waals surface area (Å²) in [6.45, 7) is 3.01. The molecule has 5 heteroatoms. The lowest BCUT2D eigenvalue weighted by molar-refractivity contribution is -0.133. The molecular weight excluding hydrogens is 292 g/mol. The molecule has 0 aliphatic carbocycles. The first-order valence-corrected chi connectivity index (χ1v) is 8.45. The molecular formula is C18H26N2O3. The second-order valence-electron chi connectivity index (χ2n) is 6.52. The fourth-order valence-corrected chi connectivity index (χ4v) is 3.60. The molecule has 3 rings (SSSR count). The Kier molecular flexibility index (Phi) is 5.18.